The SMILES string of the molecule is C=CC(=O)c1ccc(S(=O)(=O)O)cc1.[NaH]. The quantitative estimate of drug-likeness (QED) is 0.362. The average Bonchev–Trinajstić information content (AvgIpc) is 2.15. The first-order valence-corrected chi connectivity index (χ1v) is 5.13. The predicted molar refractivity (Wildman–Crippen MR) is 57.9 cm³/mol. The molecule has 0 radical (unpaired) electrons. The minimum absolute atomic E-state index is 0. The van der Waals surface area contributed by atoms with E-state index in [0.717, 1.165) is 18.2 Å². The van der Waals surface area contributed by atoms with Crippen LogP contribution in [0.25, 0.3) is 0 Å². The topological polar surface area (TPSA) is 71.4 Å². The van der Waals surface area contributed by atoms with Crippen LogP contribution in [0.5, 0.6) is 0 Å². The van der Waals surface area contributed by atoms with Crippen LogP contribution in [0.15, 0.2) is 41.8 Å². The standard InChI is InChI=1S/C9H8O4S.Na.H/c1-2-9(10)7-3-5-8(6-4-7)14(11,12)13;;/h2-6H,1H2,(H,11,12,13);;. The summed E-state index contributed by atoms with van der Waals surface area (Å²) >= 11 is 0. The van der Waals surface area contributed by atoms with Crippen molar-refractivity contribution in [3.05, 3.63) is 42.5 Å². The van der Waals surface area contributed by atoms with E-state index in [1.165, 1.54) is 12.1 Å². The number of hydrogen-bond acceptors (Lipinski definition) is 3. The number of carbonyl (C=O) groups is 1. The summed E-state index contributed by atoms with van der Waals surface area (Å²) < 4.78 is 29.9. The van der Waals surface area contributed by atoms with Crippen LogP contribution in [-0.4, -0.2) is 48.3 Å². The summed E-state index contributed by atoms with van der Waals surface area (Å²) in [5.74, 6) is -0.299. The summed E-state index contributed by atoms with van der Waals surface area (Å²) in [5.41, 5.74) is 0.326. The number of allylic oxidation sites excluding steroid dienone is 1. The molecule has 0 unspecified atom stereocenters. The molecule has 1 N–H and O–H groups in total. The normalized spacial score (nSPS) is 10.2. The molecule has 0 aliphatic rings. The van der Waals surface area contributed by atoms with Gasteiger partial charge in [-0.1, -0.05) is 6.58 Å². The third kappa shape index (κ3) is 3.89. The molecule has 0 bridgehead atoms. The van der Waals surface area contributed by atoms with Crippen molar-refractivity contribution in [3.8, 4) is 0 Å². The second-order valence-corrected chi connectivity index (χ2v) is 3.99. The number of ketones is 1. The number of benzene rings is 1. The molecule has 76 valence electrons. The van der Waals surface area contributed by atoms with E-state index < -0.39 is 10.1 Å². The van der Waals surface area contributed by atoms with Gasteiger partial charge in [-0.3, -0.25) is 9.35 Å². The van der Waals surface area contributed by atoms with Gasteiger partial charge in [0, 0.05) is 5.56 Å². The fraction of sp³-hybridized carbons (Fsp3) is 0. The monoisotopic (exact) mass is 236 g/mol. The maximum absolute atomic E-state index is 11.0. The van der Waals surface area contributed by atoms with Crippen molar-refractivity contribution < 1.29 is 17.8 Å². The van der Waals surface area contributed by atoms with E-state index in [-0.39, 0.29) is 40.2 Å². The number of carbonyl (C=O) groups excluding carboxylic acids is 1. The van der Waals surface area contributed by atoms with Gasteiger partial charge in [0.2, 0.25) is 0 Å². The van der Waals surface area contributed by atoms with E-state index in [9.17, 15) is 13.2 Å². The molecule has 15 heavy (non-hydrogen) atoms. The summed E-state index contributed by atoms with van der Waals surface area (Å²) in [4.78, 5) is 10.8. The van der Waals surface area contributed by atoms with Crippen molar-refractivity contribution in [2.24, 2.45) is 0 Å². The van der Waals surface area contributed by atoms with E-state index in [1.807, 2.05) is 0 Å². The van der Waals surface area contributed by atoms with E-state index in [1.54, 1.807) is 0 Å². The second-order valence-electron chi connectivity index (χ2n) is 2.57. The summed E-state index contributed by atoms with van der Waals surface area (Å²) in [6.07, 6.45) is 1.13. The number of rotatable bonds is 3. The van der Waals surface area contributed by atoms with E-state index >= 15 is 0 Å². The Morgan fingerprint density at radius 2 is 1.73 bits per heavy atom. The molecule has 0 heterocycles. The Balaban J connectivity index is 0.00000196. The van der Waals surface area contributed by atoms with Gasteiger partial charge < -0.3 is 0 Å². The summed E-state index contributed by atoms with van der Waals surface area (Å²) in [6.45, 7) is 3.29. The molecule has 0 saturated heterocycles. The zero-order chi connectivity index (χ0) is 10.8. The van der Waals surface area contributed by atoms with Crippen molar-refractivity contribution in [2.75, 3.05) is 0 Å². The zero-order valence-corrected chi connectivity index (χ0v) is 7.99. The predicted octanol–water partition coefficient (Wildman–Crippen LogP) is 0.653. The summed E-state index contributed by atoms with van der Waals surface area (Å²) in [6, 6.07) is 4.94. The molecule has 0 amide bonds. The Morgan fingerprint density at radius 3 is 2.07 bits per heavy atom. The van der Waals surface area contributed by atoms with Crippen molar-refractivity contribution >= 4 is 45.5 Å². The minimum atomic E-state index is -4.19. The zero-order valence-electron chi connectivity index (χ0n) is 7.17. The van der Waals surface area contributed by atoms with Crippen LogP contribution in [0.1, 0.15) is 10.4 Å². The molecule has 0 aliphatic heterocycles. The van der Waals surface area contributed by atoms with E-state index in [0.29, 0.717) is 5.56 Å². The Kier molecular flexibility index (Phi) is 5.41. The van der Waals surface area contributed by atoms with Gasteiger partial charge in [0.05, 0.1) is 4.90 Å². The Morgan fingerprint density at radius 1 is 1.27 bits per heavy atom. The first-order chi connectivity index (χ1) is 6.45. The summed E-state index contributed by atoms with van der Waals surface area (Å²) in [7, 11) is -4.19. The van der Waals surface area contributed by atoms with Crippen molar-refractivity contribution in [1.29, 1.82) is 0 Å². The molecule has 0 spiro atoms. The van der Waals surface area contributed by atoms with Gasteiger partial charge in [-0.05, 0) is 30.3 Å². The molecular formula is C9H9NaO4S. The first-order valence-electron chi connectivity index (χ1n) is 3.69. The van der Waals surface area contributed by atoms with Gasteiger partial charge >= 0.3 is 29.6 Å². The second kappa shape index (κ2) is 5.58. The van der Waals surface area contributed by atoms with Crippen molar-refractivity contribution in [3.63, 3.8) is 0 Å². The van der Waals surface area contributed by atoms with Gasteiger partial charge in [0.1, 0.15) is 0 Å². The molecule has 1 aromatic rings. The molecule has 0 saturated carbocycles. The first kappa shape index (κ1) is 14.5. The van der Waals surface area contributed by atoms with Crippen LogP contribution in [0, 0.1) is 0 Å². The van der Waals surface area contributed by atoms with Crippen LogP contribution in [-0.2, 0) is 10.1 Å². The molecule has 4 nitrogen and oxygen atoms in total. The van der Waals surface area contributed by atoms with Gasteiger partial charge in [0.15, 0.2) is 5.78 Å². The molecule has 1 aromatic carbocycles. The van der Waals surface area contributed by atoms with Crippen molar-refractivity contribution in [2.45, 2.75) is 4.90 Å². The fourth-order valence-corrected chi connectivity index (χ4v) is 1.39. The van der Waals surface area contributed by atoms with E-state index in [2.05, 4.69) is 6.58 Å². The van der Waals surface area contributed by atoms with Crippen LogP contribution in [0.4, 0.5) is 0 Å². The van der Waals surface area contributed by atoms with Crippen LogP contribution in [0.3, 0.4) is 0 Å². The Bertz CT molecular complexity index is 461. The van der Waals surface area contributed by atoms with Crippen LogP contribution in [0.2, 0.25) is 0 Å². The molecule has 6 heteroatoms. The maximum atomic E-state index is 11.0. The van der Waals surface area contributed by atoms with Gasteiger partial charge in [-0.25, -0.2) is 0 Å². The Hall–Kier alpha value is -0.460. The Labute approximate surface area is 110 Å². The number of hydrogen-bond donors (Lipinski definition) is 1. The third-order valence-corrected chi connectivity index (χ3v) is 2.49. The molecule has 0 aromatic heterocycles. The molecular weight excluding hydrogens is 227 g/mol. The third-order valence-electron chi connectivity index (χ3n) is 1.62. The average molecular weight is 236 g/mol. The van der Waals surface area contributed by atoms with E-state index in [4.69, 9.17) is 4.55 Å². The summed E-state index contributed by atoms with van der Waals surface area (Å²) in [5, 5.41) is 0. The van der Waals surface area contributed by atoms with Gasteiger partial charge in [-0.2, -0.15) is 8.42 Å². The van der Waals surface area contributed by atoms with Crippen LogP contribution < -0.4 is 0 Å². The van der Waals surface area contributed by atoms with Gasteiger partial charge in [-0.15, -0.1) is 0 Å². The van der Waals surface area contributed by atoms with Gasteiger partial charge in [0.25, 0.3) is 10.1 Å². The molecule has 0 atom stereocenters. The van der Waals surface area contributed by atoms with Crippen molar-refractivity contribution in [1.82, 2.24) is 0 Å². The molecule has 1 rings (SSSR count). The van der Waals surface area contributed by atoms with Crippen LogP contribution >= 0.6 is 0 Å². The fourth-order valence-electron chi connectivity index (χ4n) is 0.909. The molecule has 0 aliphatic carbocycles. The molecule has 0 fully saturated rings.